The van der Waals surface area contributed by atoms with E-state index in [0.29, 0.717) is 46.1 Å². The smallest absolute Gasteiger partial charge is 0.260 e. The molecule has 0 saturated carbocycles. The van der Waals surface area contributed by atoms with Crippen LogP contribution in [0.4, 0.5) is 5.82 Å². The molecule has 0 radical (unpaired) electrons. The summed E-state index contributed by atoms with van der Waals surface area (Å²) in [5.41, 5.74) is 3.22. The van der Waals surface area contributed by atoms with E-state index in [9.17, 15) is 9.59 Å². The third kappa shape index (κ3) is 5.04. The Hall–Kier alpha value is -4.53. The minimum atomic E-state index is -0.333. The number of nitrogens with one attached hydrogen (secondary N) is 3. The molecule has 4 rings (SSSR count). The predicted octanol–water partition coefficient (Wildman–Crippen LogP) is 3.79. The maximum Gasteiger partial charge on any atom is 0.260 e. The van der Waals surface area contributed by atoms with Crippen molar-refractivity contribution in [3.05, 3.63) is 95.2 Å². The van der Waals surface area contributed by atoms with Gasteiger partial charge in [0.25, 0.3) is 11.8 Å². The monoisotopic (exact) mass is 442 g/mol. The Bertz CT molecular complexity index is 1270. The van der Waals surface area contributed by atoms with E-state index in [0.717, 1.165) is 5.56 Å². The third-order valence-electron chi connectivity index (χ3n) is 5.10. The molecule has 3 aromatic heterocycles. The number of carbonyl (C=O) groups is 2. The first kappa shape index (κ1) is 21.7. The van der Waals surface area contributed by atoms with E-state index in [1.807, 2.05) is 19.1 Å². The van der Waals surface area contributed by atoms with Crippen LogP contribution in [0.3, 0.4) is 0 Å². The van der Waals surface area contributed by atoms with Crippen LogP contribution in [0.1, 0.15) is 37.4 Å². The lowest BCUT2D eigenvalue weighted by atomic mass is 10.1. The van der Waals surface area contributed by atoms with Gasteiger partial charge in [-0.1, -0.05) is 6.07 Å². The maximum absolute atomic E-state index is 12.8. The van der Waals surface area contributed by atoms with Gasteiger partial charge < -0.3 is 15.4 Å². The molecule has 2 amide bonds. The summed E-state index contributed by atoms with van der Waals surface area (Å²) in [5.74, 6) is 0.898. The lowest BCUT2D eigenvalue weighted by molar-refractivity contribution is 0.0949. The van der Waals surface area contributed by atoms with Gasteiger partial charge in [0.2, 0.25) is 0 Å². The van der Waals surface area contributed by atoms with Crippen molar-refractivity contribution >= 4 is 17.6 Å². The van der Waals surface area contributed by atoms with Crippen LogP contribution in [0.2, 0.25) is 0 Å². The number of pyridine rings is 2. The number of rotatable bonds is 7. The fourth-order valence-corrected chi connectivity index (χ4v) is 3.18. The highest BCUT2D eigenvalue weighted by atomic mass is 16.5. The number of H-pyrrole nitrogens is 1. The van der Waals surface area contributed by atoms with Crippen LogP contribution in [0.5, 0.6) is 11.5 Å². The average Bonchev–Trinajstić information content (AvgIpc) is 3.37. The molecule has 0 aliphatic carbocycles. The lowest BCUT2D eigenvalue weighted by Crippen LogP contribution is -2.23. The summed E-state index contributed by atoms with van der Waals surface area (Å²) in [7, 11) is 0. The quantitative estimate of drug-likeness (QED) is 0.400. The van der Waals surface area contributed by atoms with Crippen LogP contribution in [0, 0.1) is 13.8 Å². The van der Waals surface area contributed by atoms with E-state index in [4.69, 9.17) is 4.74 Å². The second kappa shape index (κ2) is 9.73. The van der Waals surface area contributed by atoms with Gasteiger partial charge in [0.1, 0.15) is 17.3 Å². The maximum atomic E-state index is 12.8. The van der Waals surface area contributed by atoms with Gasteiger partial charge in [-0.3, -0.25) is 19.7 Å². The van der Waals surface area contributed by atoms with Crippen molar-refractivity contribution in [1.29, 1.82) is 0 Å². The van der Waals surface area contributed by atoms with E-state index in [-0.39, 0.29) is 11.8 Å². The van der Waals surface area contributed by atoms with E-state index >= 15 is 0 Å². The normalized spacial score (nSPS) is 10.5. The minimum absolute atomic E-state index is 0.200. The van der Waals surface area contributed by atoms with Gasteiger partial charge in [-0.2, -0.15) is 5.10 Å². The molecule has 0 atom stereocenters. The van der Waals surface area contributed by atoms with Gasteiger partial charge in [-0.05, 0) is 49.7 Å². The summed E-state index contributed by atoms with van der Waals surface area (Å²) < 4.78 is 6.11. The molecule has 0 unspecified atom stereocenters. The Balaban J connectivity index is 1.50. The summed E-state index contributed by atoms with van der Waals surface area (Å²) in [6, 6.07) is 10.7. The van der Waals surface area contributed by atoms with Gasteiger partial charge in [0.15, 0.2) is 0 Å². The zero-order valence-electron chi connectivity index (χ0n) is 18.1. The highest BCUT2D eigenvalue weighted by Gasteiger charge is 2.16. The van der Waals surface area contributed by atoms with Crippen LogP contribution in [-0.2, 0) is 6.54 Å². The molecule has 33 heavy (non-hydrogen) atoms. The van der Waals surface area contributed by atoms with E-state index < -0.39 is 0 Å². The number of nitrogens with zero attached hydrogens (tertiary/aromatic N) is 3. The van der Waals surface area contributed by atoms with Crippen LogP contribution >= 0.6 is 0 Å². The Labute approximate surface area is 190 Å². The molecule has 0 spiro atoms. The van der Waals surface area contributed by atoms with Crippen molar-refractivity contribution in [2.75, 3.05) is 5.32 Å². The molecule has 0 aliphatic rings. The Morgan fingerprint density at radius 2 is 1.76 bits per heavy atom. The van der Waals surface area contributed by atoms with Crippen molar-refractivity contribution in [3.8, 4) is 11.5 Å². The first-order valence-electron chi connectivity index (χ1n) is 10.2. The van der Waals surface area contributed by atoms with Crippen LogP contribution in [0.25, 0.3) is 0 Å². The van der Waals surface area contributed by atoms with Crippen molar-refractivity contribution < 1.29 is 14.3 Å². The van der Waals surface area contributed by atoms with E-state index in [2.05, 4.69) is 30.8 Å². The summed E-state index contributed by atoms with van der Waals surface area (Å²) in [4.78, 5) is 33.3. The van der Waals surface area contributed by atoms with E-state index in [1.165, 1.54) is 12.4 Å². The molecule has 9 nitrogen and oxygen atoms in total. The SMILES string of the molecule is Cc1c(Oc2ccnc(NC(=O)c3cn[nH]c3)c2C)cccc1C(=O)NCc1ccncc1. The summed E-state index contributed by atoms with van der Waals surface area (Å²) >= 11 is 0. The van der Waals surface area contributed by atoms with Crippen LogP contribution < -0.4 is 15.4 Å². The van der Waals surface area contributed by atoms with Crippen molar-refractivity contribution in [3.63, 3.8) is 0 Å². The molecular formula is C24H22N6O3. The van der Waals surface area contributed by atoms with Crippen LogP contribution in [0.15, 0.2) is 67.4 Å². The van der Waals surface area contributed by atoms with Gasteiger partial charge >= 0.3 is 0 Å². The van der Waals surface area contributed by atoms with Crippen LogP contribution in [-0.4, -0.2) is 32.0 Å². The third-order valence-corrected chi connectivity index (χ3v) is 5.10. The largest absolute Gasteiger partial charge is 0.457 e. The first-order chi connectivity index (χ1) is 16.0. The Morgan fingerprint density at radius 1 is 0.970 bits per heavy atom. The minimum Gasteiger partial charge on any atom is -0.457 e. The number of hydrogen-bond donors (Lipinski definition) is 3. The number of ether oxygens (including phenoxy) is 1. The standard InChI is InChI=1S/C24H22N6O3/c1-15-19(24(32)27-12-17-6-9-25-10-7-17)4-3-5-20(15)33-21-8-11-26-22(16(21)2)30-23(31)18-13-28-29-14-18/h3-11,13-14H,12H2,1-2H3,(H,27,32)(H,28,29)(H,26,30,31). The van der Waals surface area contributed by atoms with E-state index in [1.54, 1.807) is 49.8 Å². The summed E-state index contributed by atoms with van der Waals surface area (Å²) in [6.07, 6.45) is 7.85. The highest BCUT2D eigenvalue weighted by molar-refractivity contribution is 6.03. The molecule has 0 saturated heterocycles. The number of carbonyl (C=O) groups excluding carboxylic acids is 2. The molecule has 0 fully saturated rings. The van der Waals surface area contributed by atoms with Gasteiger partial charge in [0, 0.05) is 48.0 Å². The summed E-state index contributed by atoms with van der Waals surface area (Å²) in [5, 5.41) is 12.1. The average molecular weight is 442 g/mol. The Morgan fingerprint density at radius 3 is 2.52 bits per heavy atom. The van der Waals surface area contributed by atoms with Crippen molar-refractivity contribution in [2.45, 2.75) is 20.4 Å². The van der Waals surface area contributed by atoms with Crippen molar-refractivity contribution in [2.24, 2.45) is 0 Å². The topological polar surface area (TPSA) is 122 Å². The molecule has 0 aliphatic heterocycles. The predicted molar refractivity (Wildman–Crippen MR) is 122 cm³/mol. The lowest BCUT2D eigenvalue weighted by Gasteiger charge is -2.15. The number of aromatic nitrogens is 4. The molecule has 3 heterocycles. The number of aromatic amines is 1. The molecular weight excluding hydrogens is 420 g/mol. The molecule has 1 aromatic carbocycles. The fraction of sp³-hybridized carbons (Fsp3) is 0.125. The molecule has 9 heteroatoms. The molecule has 4 aromatic rings. The second-order valence-electron chi connectivity index (χ2n) is 7.29. The fourth-order valence-electron chi connectivity index (χ4n) is 3.18. The number of anilines is 1. The Kier molecular flexibility index (Phi) is 6.40. The number of hydrogen-bond acceptors (Lipinski definition) is 6. The zero-order chi connectivity index (χ0) is 23.2. The van der Waals surface area contributed by atoms with Crippen molar-refractivity contribution in [1.82, 2.24) is 25.5 Å². The molecule has 0 bridgehead atoms. The zero-order valence-corrected chi connectivity index (χ0v) is 18.1. The summed E-state index contributed by atoms with van der Waals surface area (Å²) in [6.45, 7) is 4.03. The van der Waals surface area contributed by atoms with Gasteiger partial charge in [-0.25, -0.2) is 4.98 Å². The van der Waals surface area contributed by atoms with Gasteiger partial charge in [-0.15, -0.1) is 0 Å². The number of benzene rings is 1. The van der Waals surface area contributed by atoms with Gasteiger partial charge in [0.05, 0.1) is 11.8 Å². The molecule has 3 N–H and O–H groups in total. The molecule has 166 valence electrons. The highest BCUT2D eigenvalue weighted by Crippen LogP contribution is 2.31. The first-order valence-corrected chi connectivity index (χ1v) is 10.2. The number of amides is 2. The second-order valence-corrected chi connectivity index (χ2v) is 7.29.